The predicted octanol–water partition coefficient (Wildman–Crippen LogP) is 5.58. The van der Waals surface area contributed by atoms with Gasteiger partial charge in [-0.2, -0.15) is 0 Å². The van der Waals surface area contributed by atoms with Crippen molar-refractivity contribution in [1.29, 1.82) is 0 Å². The van der Waals surface area contributed by atoms with Crippen molar-refractivity contribution in [2.24, 2.45) is 0 Å². The summed E-state index contributed by atoms with van der Waals surface area (Å²) in [5.41, 5.74) is 2.98. The van der Waals surface area contributed by atoms with E-state index in [9.17, 15) is 19.1 Å². The van der Waals surface area contributed by atoms with Crippen LogP contribution in [0.5, 0.6) is 0 Å². The summed E-state index contributed by atoms with van der Waals surface area (Å²) in [5.74, 6) is -2.32. The molecule has 2 aromatic carbocycles. The van der Waals surface area contributed by atoms with E-state index in [2.05, 4.69) is 0 Å². The number of hydrogen-bond acceptors (Lipinski definition) is 4. The van der Waals surface area contributed by atoms with Gasteiger partial charge in [-0.3, -0.25) is 14.5 Å². The summed E-state index contributed by atoms with van der Waals surface area (Å²) in [6.45, 7) is 0. The molecule has 5 nitrogen and oxygen atoms in total. The molecule has 162 valence electrons. The Morgan fingerprint density at radius 2 is 1.84 bits per heavy atom. The number of aryl methyl sites for hydroxylation is 2. The molecule has 3 aromatic rings. The number of fused-ring (bicyclic) bond motifs is 1. The first kappa shape index (κ1) is 20.5. The molecule has 1 N–H and O–H groups in total. The molecule has 0 radical (unpaired) electrons. The molecule has 1 atom stereocenters. The standard InChI is InChI=1S/C25H19ClFNO4/c26-18-13-17(9-10-19(18)27)28-22(20-6-3-11-32-20)21(24(30)25(28)31)23(29)16-8-7-14-4-1-2-5-15(14)12-16/h3,6-13,22,29H,1-2,4-5H2/b23-21-. The summed E-state index contributed by atoms with van der Waals surface area (Å²) in [6.07, 6.45) is 5.51. The molecular formula is C25H19ClFNO4. The highest BCUT2D eigenvalue weighted by Crippen LogP contribution is 2.43. The molecule has 2 aliphatic rings. The van der Waals surface area contributed by atoms with Crippen LogP contribution in [0.25, 0.3) is 5.76 Å². The number of Topliss-reactive ketones (excluding diaryl/α,β-unsaturated/α-hetero) is 1. The van der Waals surface area contributed by atoms with E-state index < -0.39 is 23.5 Å². The van der Waals surface area contributed by atoms with Crippen molar-refractivity contribution in [3.05, 3.63) is 93.7 Å². The molecular weight excluding hydrogens is 433 g/mol. The van der Waals surface area contributed by atoms with Crippen LogP contribution in [0.15, 0.2) is 64.8 Å². The van der Waals surface area contributed by atoms with Crippen molar-refractivity contribution in [3.63, 3.8) is 0 Å². The average Bonchev–Trinajstić information content (AvgIpc) is 3.42. The van der Waals surface area contributed by atoms with E-state index >= 15 is 0 Å². The molecule has 1 fully saturated rings. The number of amides is 1. The topological polar surface area (TPSA) is 70.8 Å². The molecule has 1 unspecified atom stereocenters. The van der Waals surface area contributed by atoms with Gasteiger partial charge in [0, 0.05) is 11.3 Å². The van der Waals surface area contributed by atoms with Crippen molar-refractivity contribution in [1.82, 2.24) is 0 Å². The molecule has 32 heavy (non-hydrogen) atoms. The van der Waals surface area contributed by atoms with Gasteiger partial charge in [-0.15, -0.1) is 0 Å². The lowest BCUT2D eigenvalue weighted by atomic mass is 9.89. The Bertz CT molecular complexity index is 1260. The summed E-state index contributed by atoms with van der Waals surface area (Å²) >= 11 is 5.93. The van der Waals surface area contributed by atoms with Gasteiger partial charge in [0.05, 0.1) is 16.9 Å². The van der Waals surface area contributed by atoms with Gasteiger partial charge in [0.15, 0.2) is 0 Å². The molecule has 2 heterocycles. The van der Waals surface area contributed by atoms with Crippen molar-refractivity contribution in [2.75, 3.05) is 4.90 Å². The van der Waals surface area contributed by atoms with Crippen molar-refractivity contribution in [2.45, 2.75) is 31.7 Å². The first-order chi connectivity index (χ1) is 15.5. The van der Waals surface area contributed by atoms with Crippen LogP contribution in [0.1, 0.15) is 41.3 Å². The molecule has 0 saturated carbocycles. The largest absolute Gasteiger partial charge is 0.507 e. The molecule has 5 rings (SSSR count). The van der Waals surface area contributed by atoms with E-state index in [0.29, 0.717) is 11.3 Å². The van der Waals surface area contributed by atoms with Crippen LogP contribution in [0.3, 0.4) is 0 Å². The first-order valence-electron chi connectivity index (χ1n) is 10.4. The van der Waals surface area contributed by atoms with E-state index in [1.807, 2.05) is 12.1 Å². The van der Waals surface area contributed by atoms with Gasteiger partial charge in [-0.25, -0.2) is 4.39 Å². The zero-order valence-corrected chi connectivity index (χ0v) is 17.7. The van der Waals surface area contributed by atoms with Gasteiger partial charge >= 0.3 is 0 Å². The molecule has 1 saturated heterocycles. The highest BCUT2D eigenvalue weighted by molar-refractivity contribution is 6.51. The molecule has 1 aliphatic heterocycles. The molecule has 1 amide bonds. The Hall–Kier alpha value is -3.38. The third-order valence-corrected chi connectivity index (χ3v) is 6.35. The third-order valence-electron chi connectivity index (χ3n) is 6.06. The van der Waals surface area contributed by atoms with Gasteiger partial charge in [0.2, 0.25) is 0 Å². The second-order valence-corrected chi connectivity index (χ2v) is 8.38. The summed E-state index contributed by atoms with van der Waals surface area (Å²) in [6, 6.07) is 11.6. The zero-order chi connectivity index (χ0) is 22.4. The van der Waals surface area contributed by atoms with E-state index in [1.54, 1.807) is 18.2 Å². The van der Waals surface area contributed by atoms with E-state index in [4.69, 9.17) is 16.0 Å². The second kappa shape index (κ2) is 7.95. The second-order valence-electron chi connectivity index (χ2n) is 7.97. The third kappa shape index (κ3) is 3.31. The highest BCUT2D eigenvalue weighted by Gasteiger charge is 2.48. The maximum Gasteiger partial charge on any atom is 0.300 e. The van der Waals surface area contributed by atoms with Crippen LogP contribution in [-0.4, -0.2) is 16.8 Å². The minimum atomic E-state index is -1.01. The molecule has 1 aromatic heterocycles. The fraction of sp³-hybridized carbons (Fsp3) is 0.200. The van der Waals surface area contributed by atoms with Crippen LogP contribution < -0.4 is 4.90 Å². The minimum absolute atomic E-state index is 0.0823. The summed E-state index contributed by atoms with van der Waals surface area (Å²) in [4.78, 5) is 27.3. The Balaban J connectivity index is 1.67. The number of hydrogen-bond donors (Lipinski definition) is 1. The quantitative estimate of drug-likeness (QED) is 0.321. The first-order valence-corrected chi connectivity index (χ1v) is 10.7. The van der Waals surface area contributed by atoms with Gasteiger partial charge in [-0.1, -0.05) is 23.7 Å². The number of aliphatic hydroxyl groups is 1. The lowest BCUT2D eigenvalue weighted by molar-refractivity contribution is -0.132. The highest BCUT2D eigenvalue weighted by atomic mass is 35.5. The number of halogens is 2. The Morgan fingerprint density at radius 3 is 2.56 bits per heavy atom. The van der Waals surface area contributed by atoms with Crippen LogP contribution in [0.2, 0.25) is 5.02 Å². The van der Waals surface area contributed by atoms with E-state index in [1.165, 1.54) is 28.9 Å². The number of benzene rings is 2. The molecule has 0 bridgehead atoms. The van der Waals surface area contributed by atoms with Gasteiger partial charge < -0.3 is 9.52 Å². The van der Waals surface area contributed by atoms with Gasteiger partial charge in [-0.05, 0) is 73.2 Å². The summed E-state index contributed by atoms with van der Waals surface area (Å²) in [7, 11) is 0. The molecule has 7 heteroatoms. The Morgan fingerprint density at radius 1 is 1.06 bits per heavy atom. The van der Waals surface area contributed by atoms with E-state index in [-0.39, 0.29) is 22.0 Å². The van der Waals surface area contributed by atoms with Crippen LogP contribution >= 0.6 is 11.6 Å². The van der Waals surface area contributed by atoms with Crippen molar-refractivity contribution < 1.29 is 23.5 Å². The summed E-state index contributed by atoms with van der Waals surface area (Å²) in [5, 5.41) is 11.0. The fourth-order valence-corrected chi connectivity index (χ4v) is 4.66. The van der Waals surface area contributed by atoms with E-state index in [0.717, 1.165) is 37.3 Å². The number of carbonyl (C=O) groups is 2. The summed E-state index contributed by atoms with van der Waals surface area (Å²) < 4.78 is 19.3. The number of nitrogens with zero attached hydrogens (tertiary/aromatic N) is 1. The van der Waals surface area contributed by atoms with Crippen LogP contribution in [-0.2, 0) is 22.4 Å². The number of rotatable bonds is 3. The molecule has 1 aliphatic carbocycles. The number of ketones is 1. The number of carbonyl (C=O) groups excluding carboxylic acids is 2. The lowest BCUT2D eigenvalue weighted by Gasteiger charge is -2.23. The number of anilines is 1. The monoisotopic (exact) mass is 451 g/mol. The Labute approximate surface area is 188 Å². The maximum atomic E-state index is 13.7. The molecule has 0 spiro atoms. The average molecular weight is 452 g/mol. The smallest absolute Gasteiger partial charge is 0.300 e. The SMILES string of the molecule is O=C1C(=O)N(c2ccc(F)c(Cl)c2)C(c2ccco2)/C1=C(/O)c1ccc2c(c1)CCCC2. The minimum Gasteiger partial charge on any atom is -0.507 e. The van der Waals surface area contributed by atoms with Gasteiger partial charge in [0.25, 0.3) is 11.7 Å². The van der Waals surface area contributed by atoms with Crippen LogP contribution in [0.4, 0.5) is 10.1 Å². The Kier molecular flexibility index (Phi) is 5.10. The van der Waals surface area contributed by atoms with Crippen LogP contribution in [0, 0.1) is 5.82 Å². The van der Waals surface area contributed by atoms with Gasteiger partial charge in [0.1, 0.15) is 23.4 Å². The van der Waals surface area contributed by atoms with Crippen molar-refractivity contribution in [3.8, 4) is 0 Å². The number of aliphatic hydroxyl groups excluding tert-OH is 1. The lowest BCUT2D eigenvalue weighted by Crippen LogP contribution is -2.29. The normalized spacial score (nSPS) is 19.9. The maximum absolute atomic E-state index is 13.7. The number of furan rings is 1. The zero-order valence-electron chi connectivity index (χ0n) is 17.0. The predicted molar refractivity (Wildman–Crippen MR) is 118 cm³/mol. The fourth-order valence-electron chi connectivity index (χ4n) is 4.49. The van der Waals surface area contributed by atoms with Crippen molar-refractivity contribution >= 4 is 34.7 Å².